The molecule has 0 saturated carbocycles. The van der Waals surface area contributed by atoms with Crippen molar-refractivity contribution in [1.29, 1.82) is 0 Å². The molecule has 0 radical (unpaired) electrons. The third kappa shape index (κ3) is 3.55. The van der Waals surface area contributed by atoms with Crippen molar-refractivity contribution in [2.75, 3.05) is 26.4 Å². The standard InChI is InChI=1S/C20H21NO4/c22-20(7-9-23-17-4-2-1-3-5-17)21-8-6-15-12-18-19(13-16(15)14-21)25-11-10-24-18/h1-5,12-13H,6-11,14H2. The number of hydrogen-bond acceptors (Lipinski definition) is 4. The van der Waals surface area contributed by atoms with E-state index in [1.807, 2.05) is 41.3 Å². The Labute approximate surface area is 147 Å². The van der Waals surface area contributed by atoms with Gasteiger partial charge in [-0.25, -0.2) is 0 Å². The van der Waals surface area contributed by atoms with Gasteiger partial charge in [-0.1, -0.05) is 18.2 Å². The minimum absolute atomic E-state index is 0.122. The predicted octanol–water partition coefficient (Wildman–Crippen LogP) is 2.81. The van der Waals surface area contributed by atoms with Crippen LogP contribution >= 0.6 is 0 Å². The lowest BCUT2D eigenvalue weighted by atomic mass is 9.98. The Balaban J connectivity index is 1.36. The molecule has 0 fully saturated rings. The molecule has 0 unspecified atom stereocenters. The maximum Gasteiger partial charge on any atom is 0.226 e. The molecule has 25 heavy (non-hydrogen) atoms. The third-order valence-electron chi connectivity index (χ3n) is 4.56. The third-order valence-corrected chi connectivity index (χ3v) is 4.56. The number of para-hydroxylation sites is 1. The van der Waals surface area contributed by atoms with E-state index in [1.165, 1.54) is 5.56 Å². The van der Waals surface area contributed by atoms with Crippen molar-refractivity contribution in [2.45, 2.75) is 19.4 Å². The second-order valence-electron chi connectivity index (χ2n) is 6.24. The van der Waals surface area contributed by atoms with Crippen molar-refractivity contribution < 1.29 is 19.0 Å². The topological polar surface area (TPSA) is 48.0 Å². The minimum atomic E-state index is 0.122. The molecule has 0 aromatic heterocycles. The average molecular weight is 339 g/mol. The van der Waals surface area contributed by atoms with Gasteiger partial charge in [0.25, 0.3) is 0 Å². The molecule has 0 aliphatic carbocycles. The van der Waals surface area contributed by atoms with E-state index in [-0.39, 0.29) is 5.91 Å². The van der Waals surface area contributed by atoms with Crippen LogP contribution in [0.1, 0.15) is 17.5 Å². The van der Waals surface area contributed by atoms with Crippen molar-refractivity contribution in [2.24, 2.45) is 0 Å². The summed E-state index contributed by atoms with van der Waals surface area (Å²) in [4.78, 5) is 14.4. The first-order valence-corrected chi connectivity index (χ1v) is 8.66. The van der Waals surface area contributed by atoms with E-state index in [2.05, 4.69) is 6.07 Å². The number of carbonyl (C=O) groups excluding carboxylic acids is 1. The number of hydrogen-bond donors (Lipinski definition) is 0. The number of carbonyl (C=O) groups is 1. The fourth-order valence-electron chi connectivity index (χ4n) is 3.24. The Morgan fingerprint density at radius 1 is 1.04 bits per heavy atom. The summed E-state index contributed by atoms with van der Waals surface area (Å²) in [6.07, 6.45) is 1.23. The van der Waals surface area contributed by atoms with Gasteiger partial charge in [0.2, 0.25) is 5.91 Å². The maximum absolute atomic E-state index is 12.5. The molecule has 1 amide bonds. The first-order valence-electron chi connectivity index (χ1n) is 8.66. The van der Waals surface area contributed by atoms with Crippen LogP contribution in [-0.4, -0.2) is 37.2 Å². The summed E-state index contributed by atoms with van der Waals surface area (Å²) in [5.41, 5.74) is 2.39. The number of amides is 1. The molecule has 0 atom stereocenters. The molecule has 5 heteroatoms. The molecule has 0 saturated heterocycles. The molecule has 2 aliphatic heterocycles. The number of fused-ring (bicyclic) bond motifs is 2. The predicted molar refractivity (Wildman–Crippen MR) is 93.1 cm³/mol. The van der Waals surface area contributed by atoms with Crippen LogP contribution in [0.3, 0.4) is 0 Å². The summed E-state index contributed by atoms with van der Waals surface area (Å²) in [7, 11) is 0. The van der Waals surface area contributed by atoms with Crippen molar-refractivity contribution in [3.8, 4) is 17.2 Å². The zero-order valence-corrected chi connectivity index (χ0v) is 14.1. The molecular formula is C20H21NO4. The lowest BCUT2D eigenvalue weighted by Gasteiger charge is -2.30. The van der Waals surface area contributed by atoms with Crippen LogP contribution in [0, 0.1) is 0 Å². The van der Waals surface area contributed by atoms with Crippen molar-refractivity contribution in [3.63, 3.8) is 0 Å². The van der Waals surface area contributed by atoms with Gasteiger partial charge in [-0.3, -0.25) is 4.79 Å². The molecule has 5 nitrogen and oxygen atoms in total. The average Bonchev–Trinajstić information content (AvgIpc) is 2.66. The molecule has 0 N–H and O–H groups in total. The molecule has 4 rings (SSSR count). The number of ether oxygens (including phenoxy) is 3. The van der Waals surface area contributed by atoms with E-state index in [9.17, 15) is 4.79 Å². The van der Waals surface area contributed by atoms with Crippen LogP contribution in [0.4, 0.5) is 0 Å². The van der Waals surface area contributed by atoms with E-state index < -0.39 is 0 Å². The van der Waals surface area contributed by atoms with Crippen LogP contribution < -0.4 is 14.2 Å². The molecule has 0 bridgehead atoms. The lowest BCUT2D eigenvalue weighted by Crippen LogP contribution is -2.36. The Kier molecular flexibility index (Phi) is 4.46. The zero-order chi connectivity index (χ0) is 17.1. The highest BCUT2D eigenvalue weighted by atomic mass is 16.6. The van der Waals surface area contributed by atoms with E-state index in [4.69, 9.17) is 14.2 Å². The molecule has 2 heterocycles. The van der Waals surface area contributed by atoms with Gasteiger partial charge in [0.15, 0.2) is 11.5 Å². The highest BCUT2D eigenvalue weighted by Gasteiger charge is 2.23. The Bertz CT molecular complexity index is 760. The van der Waals surface area contributed by atoms with Crippen LogP contribution in [0.5, 0.6) is 17.2 Å². The molecule has 2 aromatic rings. The van der Waals surface area contributed by atoms with Gasteiger partial charge >= 0.3 is 0 Å². The number of rotatable bonds is 4. The van der Waals surface area contributed by atoms with Crippen molar-refractivity contribution in [1.82, 2.24) is 4.90 Å². The maximum atomic E-state index is 12.5. The summed E-state index contributed by atoms with van der Waals surface area (Å²) >= 11 is 0. The number of benzene rings is 2. The van der Waals surface area contributed by atoms with Crippen LogP contribution in [0.25, 0.3) is 0 Å². The smallest absolute Gasteiger partial charge is 0.226 e. The fourth-order valence-corrected chi connectivity index (χ4v) is 3.24. The fraction of sp³-hybridized carbons (Fsp3) is 0.350. The van der Waals surface area contributed by atoms with E-state index >= 15 is 0 Å². The molecule has 130 valence electrons. The van der Waals surface area contributed by atoms with Gasteiger partial charge in [0.05, 0.1) is 13.0 Å². The zero-order valence-electron chi connectivity index (χ0n) is 14.1. The highest BCUT2D eigenvalue weighted by Crippen LogP contribution is 2.35. The molecular weight excluding hydrogens is 318 g/mol. The first-order chi connectivity index (χ1) is 12.3. The normalized spacial score (nSPS) is 15.4. The second kappa shape index (κ2) is 7.05. The van der Waals surface area contributed by atoms with E-state index in [1.54, 1.807) is 0 Å². The molecule has 0 spiro atoms. The molecule has 2 aromatic carbocycles. The summed E-state index contributed by atoms with van der Waals surface area (Å²) < 4.78 is 16.9. The summed E-state index contributed by atoms with van der Waals surface area (Å²) in [5.74, 6) is 2.52. The van der Waals surface area contributed by atoms with E-state index in [0.29, 0.717) is 32.8 Å². The van der Waals surface area contributed by atoms with Gasteiger partial charge in [-0.2, -0.15) is 0 Å². The Morgan fingerprint density at radius 3 is 2.52 bits per heavy atom. The van der Waals surface area contributed by atoms with Gasteiger partial charge in [0, 0.05) is 13.1 Å². The monoisotopic (exact) mass is 339 g/mol. The highest BCUT2D eigenvalue weighted by molar-refractivity contribution is 5.76. The quantitative estimate of drug-likeness (QED) is 0.859. The van der Waals surface area contributed by atoms with Crippen molar-refractivity contribution >= 4 is 5.91 Å². The van der Waals surface area contributed by atoms with Gasteiger partial charge < -0.3 is 19.1 Å². The van der Waals surface area contributed by atoms with Crippen molar-refractivity contribution in [3.05, 3.63) is 53.6 Å². The summed E-state index contributed by atoms with van der Waals surface area (Å²) in [5, 5.41) is 0. The van der Waals surface area contributed by atoms with Crippen LogP contribution in [-0.2, 0) is 17.8 Å². The SMILES string of the molecule is O=C(CCOc1ccccc1)N1CCc2cc3c(cc2C1)OCCO3. The number of nitrogens with zero attached hydrogens (tertiary/aromatic N) is 1. The van der Waals surface area contributed by atoms with Crippen LogP contribution in [0.2, 0.25) is 0 Å². The minimum Gasteiger partial charge on any atom is -0.493 e. The van der Waals surface area contributed by atoms with E-state index in [0.717, 1.165) is 35.8 Å². The first kappa shape index (κ1) is 15.8. The van der Waals surface area contributed by atoms with Gasteiger partial charge in [-0.05, 0) is 41.8 Å². The largest absolute Gasteiger partial charge is 0.493 e. The lowest BCUT2D eigenvalue weighted by molar-refractivity contribution is -0.132. The van der Waals surface area contributed by atoms with Gasteiger partial charge in [0.1, 0.15) is 19.0 Å². The van der Waals surface area contributed by atoms with Crippen LogP contribution in [0.15, 0.2) is 42.5 Å². The summed E-state index contributed by atoms with van der Waals surface area (Å²) in [6, 6.07) is 13.7. The Morgan fingerprint density at radius 2 is 1.76 bits per heavy atom. The second-order valence-corrected chi connectivity index (χ2v) is 6.24. The summed E-state index contributed by atoms with van der Waals surface area (Å²) in [6.45, 7) is 2.92. The Hall–Kier alpha value is -2.69. The van der Waals surface area contributed by atoms with Gasteiger partial charge in [-0.15, -0.1) is 0 Å². The molecule has 2 aliphatic rings.